The van der Waals surface area contributed by atoms with E-state index in [-0.39, 0.29) is 42.8 Å². The number of hydrogen-bond donors (Lipinski definition) is 1. The van der Waals surface area contributed by atoms with Crippen molar-refractivity contribution in [2.45, 2.75) is 82.2 Å². The summed E-state index contributed by atoms with van der Waals surface area (Å²) in [5, 5.41) is 2.96. The maximum atomic E-state index is 13.6. The first-order valence-corrected chi connectivity index (χ1v) is 13.5. The highest BCUT2D eigenvalue weighted by molar-refractivity contribution is 5.99. The molecule has 196 valence electrons. The number of nitrogens with one attached hydrogen (secondary N) is 1. The normalized spacial score (nSPS) is 27.9. The van der Waals surface area contributed by atoms with Crippen LogP contribution in [0.25, 0.3) is 0 Å². The second kappa shape index (κ2) is 10.6. The number of carbonyl (C=O) groups is 3. The van der Waals surface area contributed by atoms with Crippen LogP contribution in [0.1, 0.15) is 67.8 Å². The van der Waals surface area contributed by atoms with E-state index in [1.165, 1.54) is 18.4 Å². The van der Waals surface area contributed by atoms with Gasteiger partial charge in [0.15, 0.2) is 5.78 Å². The van der Waals surface area contributed by atoms with E-state index in [2.05, 4.69) is 22.3 Å². The van der Waals surface area contributed by atoms with E-state index in [4.69, 9.17) is 9.47 Å². The maximum Gasteiger partial charge on any atom is 0.251 e. The Morgan fingerprint density at radius 2 is 1.81 bits per heavy atom. The molecule has 0 spiro atoms. The van der Waals surface area contributed by atoms with Gasteiger partial charge in [-0.2, -0.15) is 0 Å². The van der Waals surface area contributed by atoms with Crippen molar-refractivity contribution in [3.8, 4) is 0 Å². The van der Waals surface area contributed by atoms with Crippen LogP contribution >= 0.6 is 0 Å². The Morgan fingerprint density at radius 1 is 1.11 bits per heavy atom. The minimum Gasteiger partial charge on any atom is -0.377 e. The molecule has 36 heavy (non-hydrogen) atoms. The summed E-state index contributed by atoms with van der Waals surface area (Å²) >= 11 is 0. The van der Waals surface area contributed by atoms with E-state index >= 15 is 0 Å². The monoisotopic (exact) mass is 497 g/mol. The number of piperidine rings is 1. The van der Waals surface area contributed by atoms with Crippen molar-refractivity contribution < 1.29 is 23.9 Å². The SMILES string of the molecule is CO[C@@H]1CN(C(=O)C(CC(C)C)NC(=O)c2ccc(C3CCN(C4CC4)CC3)cc2)[C@@H]2C(=O)CO[C@@H]21. The van der Waals surface area contributed by atoms with Gasteiger partial charge in [-0.1, -0.05) is 26.0 Å². The molecule has 4 atom stereocenters. The lowest BCUT2D eigenvalue weighted by Gasteiger charge is -2.32. The highest BCUT2D eigenvalue weighted by Gasteiger charge is 2.53. The van der Waals surface area contributed by atoms with Crippen LogP contribution in [0.4, 0.5) is 0 Å². The fourth-order valence-electron chi connectivity index (χ4n) is 6.13. The molecule has 3 saturated heterocycles. The Bertz CT molecular complexity index is 968. The van der Waals surface area contributed by atoms with Crippen LogP contribution in [0.15, 0.2) is 24.3 Å². The summed E-state index contributed by atoms with van der Waals surface area (Å²) in [6.45, 7) is 6.63. The molecule has 1 aromatic carbocycles. The lowest BCUT2D eigenvalue weighted by Crippen LogP contribution is -2.52. The second-order valence-corrected chi connectivity index (χ2v) is 11.3. The summed E-state index contributed by atoms with van der Waals surface area (Å²) in [5.41, 5.74) is 1.83. The van der Waals surface area contributed by atoms with Gasteiger partial charge in [-0.15, -0.1) is 0 Å². The predicted molar refractivity (Wildman–Crippen MR) is 135 cm³/mol. The van der Waals surface area contributed by atoms with Gasteiger partial charge in [-0.3, -0.25) is 14.4 Å². The van der Waals surface area contributed by atoms with E-state index in [1.807, 2.05) is 26.0 Å². The zero-order valence-corrected chi connectivity index (χ0v) is 21.7. The fourth-order valence-corrected chi connectivity index (χ4v) is 6.13. The Labute approximate surface area is 213 Å². The van der Waals surface area contributed by atoms with Crippen LogP contribution in [0.2, 0.25) is 0 Å². The third-order valence-corrected chi connectivity index (χ3v) is 8.27. The average Bonchev–Trinajstić information content (AvgIpc) is 3.57. The molecule has 0 radical (unpaired) electrons. The Kier molecular flexibility index (Phi) is 7.47. The summed E-state index contributed by atoms with van der Waals surface area (Å²) in [6, 6.07) is 7.34. The third-order valence-electron chi connectivity index (χ3n) is 8.27. The number of Topliss-reactive ketones (excluding diaryl/α,β-unsaturated/α-hetero) is 1. The summed E-state index contributed by atoms with van der Waals surface area (Å²) in [6.07, 6.45) is 4.74. The van der Waals surface area contributed by atoms with Crippen LogP contribution in [-0.4, -0.2) is 91.1 Å². The molecule has 0 bridgehead atoms. The van der Waals surface area contributed by atoms with Gasteiger partial charge < -0.3 is 24.6 Å². The van der Waals surface area contributed by atoms with Gasteiger partial charge in [0.05, 0.1) is 6.54 Å². The van der Waals surface area contributed by atoms with Crippen molar-refractivity contribution in [1.29, 1.82) is 0 Å². The lowest BCUT2D eigenvalue weighted by molar-refractivity contribution is -0.138. The predicted octanol–water partition coefficient (Wildman–Crippen LogP) is 2.37. The first kappa shape index (κ1) is 25.4. The zero-order chi connectivity index (χ0) is 25.4. The first-order valence-electron chi connectivity index (χ1n) is 13.5. The molecule has 3 aliphatic heterocycles. The summed E-state index contributed by atoms with van der Waals surface area (Å²) in [7, 11) is 1.56. The van der Waals surface area contributed by atoms with Crippen LogP contribution in [-0.2, 0) is 19.1 Å². The highest BCUT2D eigenvalue weighted by atomic mass is 16.5. The van der Waals surface area contributed by atoms with Crippen molar-refractivity contribution in [3.63, 3.8) is 0 Å². The molecule has 1 unspecified atom stereocenters. The van der Waals surface area contributed by atoms with E-state index in [9.17, 15) is 14.4 Å². The number of ether oxygens (including phenoxy) is 2. The molecule has 3 heterocycles. The number of carbonyl (C=O) groups excluding carboxylic acids is 3. The number of nitrogens with zero attached hydrogens (tertiary/aromatic N) is 2. The average molecular weight is 498 g/mol. The fraction of sp³-hybridized carbons (Fsp3) is 0.679. The van der Waals surface area contributed by atoms with E-state index < -0.39 is 18.2 Å². The minimum absolute atomic E-state index is 0.00780. The molecule has 1 aliphatic carbocycles. The Balaban J connectivity index is 1.23. The molecule has 1 N–H and O–H groups in total. The van der Waals surface area contributed by atoms with Crippen molar-refractivity contribution in [3.05, 3.63) is 35.4 Å². The zero-order valence-electron chi connectivity index (χ0n) is 21.7. The van der Waals surface area contributed by atoms with Crippen molar-refractivity contribution in [2.75, 3.05) is 33.4 Å². The van der Waals surface area contributed by atoms with Gasteiger partial charge in [-0.25, -0.2) is 0 Å². The number of benzene rings is 1. The molecule has 1 aromatic rings. The second-order valence-electron chi connectivity index (χ2n) is 11.3. The van der Waals surface area contributed by atoms with Crippen LogP contribution in [0.5, 0.6) is 0 Å². The molecule has 4 fully saturated rings. The smallest absolute Gasteiger partial charge is 0.251 e. The maximum absolute atomic E-state index is 13.6. The molecule has 5 rings (SSSR count). The summed E-state index contributed by atoms with van der Waals surface area (Å²) in [5.74, 6) is 0.105. The van der Waals surface area contributed by atoms with E-state index in [0.717, 1.165) is 32.0 Å². The number of fused-ring (bicyclic) bond motifs is 1. The van der Waals surface area contributed by atoms with Gasteiger partial charge in [0, 0.05) is 18.7 Å². The molecular weight excluding hydrogens is 458 g/mol. The highest BCUT2D eigenvalue weighted by Crippen LogP contribution is 2.35. The minimum atomic E-state index is -0.714. The number of likely N-dealkylation sites (tertiary alicyclic amines) is 2. The van der Waals surface area contributed by atoms with Gasteiger partial charge >= 0.3 is 0 Å². The van der Waals surface area contributed by atoms with Gasteiger partial charge in [-0.05, 0) is 74.7 Å². The quantitative estimate of drug-likeness (QED) is 0.593. The summed E-state index contributed by atoms with van der Waals surface area (Å²) in [4.78, 5) is 43.4. The standard InChI is InChI=1S/C28H39N3O5/c1-17(2)14-22(28(34)31-15-24(35-3)26-25(31)23(32)16-36-26)29-27(33)20-6-4-18(5-7-20)19-10-12-30(13-11-19)21-8-9-21/h4-7,17,19,21-22,24-26H,8-16H2,1-3H3,(H,29,33)/t22?,24-,25-,26-/m1/s1. The largest absolute Gasteiger partial charge is 0.377 e. The number of rotatable bonds is 8. The number of methoxy groups -OCH3 is 1. The summed E-state index contributed by atoms with van der Waals surface area (Å²) < 4.78 is 11.1. The van der Waals surface area contributed by atoms with Crippen LogP contribution < -0.4 is 5.32 Å². The number of ketones is 1. The molecule has 4 aliphatic rings. The topological polar surface area (TPSA) is 88.2 Å². The van der Waals surface area contributed by atoms with Crippen molar-refractivity contribution in [2.24, 2.45) is 5.92 Å². The Hall–Kier alpha value is -2.29. The molecule has 0 aromatic heterocycles. The van der Waals surface area contributed by atoms with Gasteiger partial charge in [0.1, 0.15) is 30.9 Å². The molecule has 1 saturated carbocycles. The third kappa shape index (κ3) is 5.22. The van der Waals surface area contributed by atoms with Crippen LogP contribution in [0, 0.1) is 5.92 Å². The van der Waals surface area contributed by atoms with E-state index in [0.29, 0.717) is 17.9 Å². The van der Waals surface area contributed by atoms with Gasteiger partial charge in [0.2, 0.25) is 5.91 Å². The van der Waals surface area contributed by atoms with Crippen molar-refractivity contribution in [1.82, 2.24) is 15.1 Å². The molecular formula is C28H39N3O5. The molecule has 8 heteroatoms. The lowest BCUT2D eigenvalue weighted by atomic mass is 9.89. The first-order chi connectivity index (χ1) is 17.4. The van der Waals surface area contributed by atoms with E-state index in [1.54, 1.807) is 12.0 Å². The Morgan fingerprint density at radius 3 is 2.42 bits per heavy atom. The number of hydrogen-bond acceptors (Lipinski definition) is 6. The van der Waals surface area contributed by atoms with Crippen LogP contribution in [0.3, 0.4) is 0 Å². The molecule has 8 nitrogen and oxygen atoms in total. The van der Waals surface area contributed by atoms with Crippen molar-refractivity contribution >= 4 is 17.6 Å². The number of amides is 2. The van der Waals surface area contributed by atoms with Gasteiger partial charge in [0.25, 0.3) is 5.91 Å². The molecule has 2 amide bonds.